The summed E-state index contributed by atoms with van der Waals surface area (Å²) in [5, 5.41) is 2.49. The summed E-state index contributed by atoms with van der Waals surface area (Å²) in [6, 6.07) is 81.1. The molecule has 0 N–H and O–H groups in total. The molecule has 0 saturated carbocycles. The van der Waals surface area contributed by atoms with Crippen molar-refractivity contribution in [3.63, 3.8) is 0 Å². The van der Waals surface area contributed by atoms with Gasteiger partial charge in [-0.25, -0.2) is 15.0 Å². The molecule has 0 atom stereocenters. The monoisotopic (exact) mass is 778 g/mol. The maximum Gasteiger partial charge on any atom is 0.164 e. The Hall–Kier alpha value is -8.21. The lowest BCUT2D eigenvalue weighted by atomic mass is 9.92. The molecule has 4 heteroatoms. The predicted octanol–water partition coefficient (Wildman–Crippen LogP) is 14.6. The van der Waals surface area contributed by atoms with Gasteiger partial charge >= 0.3 is 0 Å². The Balaban J connectivity index is 0.945. The number of para-hydroxylation sites is 1. The van der Waals surface area contributed by atoms with Gasteiger partial charge in [0.25, 0.3) is 0 Å². The molecule has 0 unspecified atom stereocenters. The zero-order valence-electron chi connectivity index (χ0n) is 33.2. The first-order valence-corrected chi connectivity index (χ1v) is 20.6. The summed E-state index contributed by atoms with van der Waals surface area (Å²) in [4.78, 5) is 15.2. The lowest BCUT2D eigenvalue weighted by molar-refractivity contribution is 1.07. The van der Waals surface area contributed by atoms with Crippen molar-refractivity contribution in [2.24, 2.45) is 0 Å². The highest BCUT2D eigenvalue weighted by molar-refractivity contribution is 6.10. The first-order valence-electron chi connectivity index (χ1n) is 20.6. The first kappa shape index (κ1) is 35.9. The van der Waals surface area contributed by atoms with E-state index < -0.39 is 0 Å². The minimum absolute atomic E-state index is 0.626. The summed E-state index contributed by atoms with van der Waals surface area (Å²) in [5.41, 5.74) is 15.6. The average Bonchev–Trinajstić information content (AvgIpc) is 3.68. The summed E-state index contributed by atoms with van der Waals surface area (Å²) < 4.78 is 2.37. The fraction of sp³-hybridized carbons (Fsp3) is 0. The van der Waals surface area contributed by atoms with Crippen LogP contribution in [0.3, 0.4) is 0 Å². The molecule has 0 radical (unpaired) electrons. The second kappa shape index (κ2) is 15.5. The number of hydrogen-bond acceptors (Lipinski definition) is 3. The normalized spacial score (nSPS) is 11.3. The molecule has 2 heterocycles. The summed E-state index contributed by atoms with van der Waals surface area (Å²) in [6.07, 6.45) is 0. The van der Waals surface area contributed by atoms with Gasteiger partial charge in [0.05, 0.1) is 11.0 Å². The molecule has 0 fully saturated rings. The number of benzene rings is 9. The largest absolute Gasteiger partial charge is 0.309 e. The van der Waals surface area contributed by atoms with Gasteiger partial charge in [0, 0.05) is 33.2 Å². The highest BCUT2D eigenvalue weighted by Gasteiger charge is 2.17. The van der Waals surface area contributed by atoms with Gasteiger partial charge in [0.1, 0.15) is 0 Å². The van der Waals surface area contributed by atoms with Crippen LogP contribution in [-0.4, -0.2) is 19.5 Å². The van der Waals surface area contributed by atoms with Gasteiger partial charge in [-0.15, -0.1) is 0 Å². The number of aromatic nitrogens is 4. The molecule has 0 bridgehead atoms. The van der Waals surface area contributed by atoms with Crippen molar-refractivity contribution in [2.45, 2.75) is 0 Å². The molecule has 4 nitrogen and oxygen atoms in total. The van der Waals surface area contributed by atoms with Crippen LogP contribution < -0.4 is 0 Å². The molecule has 2 aromatic heterocycles. The van der Waals surface area contributed by atoms with Gasteiger partial charge in [-0.1, -0.05) is 194 Å². The highest BCUT2D eigenvalue weighted by Crippen LogP contribution is 2.38. The maximum atomic E-state index is 5.13. The Morgan fingerprint density at radius 2 is 0.656 bits per heavy atom. The summed E-state index contributed by atoms with van der Waals surface area (Å²) in [6.45, 7) is 0. The zero-order chi connectivity index (χ0) is 40.5. The van der Waals surface area contributed by atoms with Crippen LogP contribution in [0.25, 0.3) is 106 Å². The van der Waals surface area contributed by atoms with E-state index in [1.807, 2.05) is 30.3 Å². The van der Waals surface area contributed by atoms with Crippen LogP contribution in [0.4, 0.5) is 0 Å². The Bertz CT molecular complexity index is 3300. The average molecular weight is 779 g/mol. The third kappa shape index (κ3) is 6.86. The van der Waals surface area contributed by atoms with Crippen molar-refractivity contribution >= 4 is 21.8 Å². The van der Waals surface area contributed by atoms with E-state index in [0.29, 0.717) is 17.5 Å². The third-order valence-corrected chi connectivity index (χ3v) is 11.5. The minimum atomic E-state index is 0.626. The van der Waals surface area contributed by atoms with Crippen molar-refractivity contribution in [2.75, 3.05) is 0 Å². The smallest absolute Gasteiger partial charge is 0.164 e. The van der Waals surface area contributed by atoms with Crippen LogP contribution in [0.15, 0.2) is 231 Å². The number of nitrogens with zero attached hydrogens (tertiary/aromatic N) is 4. The van der Waals surface area contributed by atoms with E-state index in [-0.39, 0.29) is 0 Å². The van der Waals surface area contributed by atoms with Gasteiger partial charge in [-0.2, -0.15) is 0 Å². The van der Waals surface area contributed by atoms with Crippen molar-refractivity contribution in [3.8, 4) is 84.4 Å². The molecule has 11 rings (SSSR count). The Morgan fingerprint density at radius 3 is 1.28 bits per heavy atom. The van der Waals surface area contributed by atoms with Crippen molar-refractivity contribution in [1.29, 1.82) is 0 Å². The zero-order valence-corrected chi connectivity index (χ0v) is 33.2. The summed E-state index contributed by atoms with van der Waals surface area (Å²) in [5.74, 6) is 1.89. The molecule has 11 aromatic rings. The van der Waals surface area contributed by atoms with Gasteiger partial charge in [0.2, 0.25) is 0 Å². The van der Waals surface area contributed by atoms with Gasteiger partial charge in [0.15, 0.2) is 17.5 Å². The summed E-state index contributed by atoms with van der Waals surface area (Å²) in [7, 11) is 0. The quantitative estimate of drug-likeness (QED) is 0.154. The van der Waals surface area contributed by atoms with E-state index >= 15 is 0 Å². The summed E-state index contributed by atoms with van der Waals surface area (Å²) >= 11 is 0. The fourth-order valence-corrected chi connectivity index (χ4v) is 8.44. The predicted molar refractivity (Wildman–Crippen MR) is 252 cm³/mol. The van der Waals surface area contributed by atoms with Crippen LogP contribution in [-0.2, 0) is 0 Å². The second-order valence-corrected chi connectivity index (χ2v) is 15.2. The first-order chi connectivity index (χ1) is 30.2. The lowest BCUT2D eigenvalue weighted by Crippen LogP contribution is -2.00. The van der Waals surface area contributed by atoms with Crippen LogP contribution in [0, 0.1) is 0 Å². The number of rotatable bonds is 8. The molecule has 0 saturated heterocycles. The molecule has 9 aromatic carbocycles. The molecule has 0 aliphatic carbocycles. The SMILES string of the molecule is c1ccc(-c2ccc3c(c2)c2ccccc2n3-c2ccc(-c3ccc(-c4nc(-c5ccccc5)nc(-c5ccc(-c6ccccc6)c(-c6ccccc6)c5)n4)cc3)cc2)cc1. The molecule has 61 heavy (non-hydrogen) atoms. The topological polar surface area (TPSA) is 43.6 Å². The third-order valence-electron chi connectivity index (χ3n) is 11.5. The van der Waals surface area contributed by atoms with Gasteiger partial charge in [-0.05, 0) is 80.9 Å². The molecule has 0 aliphatic rings. The Morgan fingerprint density at radius 1 is 0.246 bits per heavy atom. The van der Waals surface area contributed by atoms with E-state index in [1.54, 1.807) is 0 Å². The Labute approximate surface area is 354 Å². The Kier molecular flexibility index (Phi) is 9.14. The van der Waals surface area contributed by atoms with E-state index in [9.17, 15) is 0 Å². The lowest BCUT2D eigenvalue weighted by Gasteiger charge is -2.14. The van der Waals surface area contributed by atoms with Gasteiger partial charge in [-0.3, -0.25) is 0 Å². The van der Waals surface area contributed by atoms with Crippen molar-refractivity contribution < 1.29 is 0 Å². The van der Waals surface area contributed by atoms with E-state index in [2.05, 4.69) is 205 Å². The van der Waals surface area contributed by atoms with Crippen LogP contribution >= 0.6 is 0 Å². The van der Waals surface area contributed by atoms with Crippen molar-refractivity contribution in [1.82, 2.24) is 19.5 Å². The minimum Gasteiger partial charge on any atom is -0.309 e. The van der Waals surface area contributed by atoms with Crippen LogP contribution in [0.1, 0.15) is 0 Å². The molecular formula is C57H38N4. The molecular weight excluding hydrogens is 741 g/mol. The maximum absolute atomic E-state index is 5.13. The second-order valence-electron chi connectivity index (χ2n) is 15.2. The van der Waals surface area contributed by atoms with Crippen LogP contribution in [0.5, 0.6) is 0 Å². The van der Waals surface area contributed by atoms with Crippen molar-refractivity contribution in [3.05, 3.63) is 231 Å². The van der Waals surface area contributed by atoms with E-state index in [0.717, 1.165) is 55.8 Å². The highest BCUT2D eigenvalue weighted by atomic mass is 15.0. The van der Waals surface area contributed by atoms with Crippen LogP contribution in [0.2, 0.25) is 0 Å². The molecule has 0 aliphatic heterocycles. The standard InChI is InChI=1S/C57H38N4/c1-5-15-39(16-6-1)46-32-36-54-52(37-46)50-23-13-14-24-53(50)61(54)48-33-29-41(30-34-48)40-25-27-45(28-26-40)56-58-55(44-21-11-4-12-22-44)59-57(60-56)47-31-35-49(42-17-7-2-8-18-42)51(38-47)43-19-9-3-10-20-43/h1-38H. The number of fused-ring (bicyclic) bond motifs is 3. The molecule has 286 valence electrons. The van der Waals surface area contributed by atoms with Gasteiger partial charge < -0.3 is 4.57 Å². The van der Waals surface area contributed by atoms with E-state index in [1.165, 1.54) is 32.9 Å². The molecule has 0 amide bonds. The van der Waals surface area contributed by atoms with E-state index in [4.69, 9.17) is 15.0 Å². The number of hydrogen-bond donors (Lipinski definition) is 0. The molecule has 0 spiro atoms. The fourth-order valence-electron chi connectivity index (χ4n) is 8.44.